The average Bonchev–Trinajstić information content (AvgIpc) is 3.03. The van der Waals surface area contributed by atoms with E-state index in [1.165, 1.54) is 11.3 Å². The maximum atomic E-state index is 12.6. The Kier molecular flexibility index (Phi) is 3.88. The molecule has 2 N–H and O–H groups in total. The molecule has 0 aliphatic carbocycles. The van der Waals surface area contributed by atoms with Crippen LogP contribution in [-0.4, -0.2) is 34.1 Å². The van der Waals surface area contributed by atoms with Crippen LogP contribution in [0.5, 0.6) is 0 Å². The quantitative estimate of drug-likeness (QED) is 0.817. The topological polar surface area (TPSA) is 69.6 Å². The fourth-order valence-electron chi connectivity index (χ4n) is 2.34. The standard InChI is InChI=1S/C14H20N2O3S/c1-4-14(19,5-2)9-16-11(17)13(3,15-12(16)18)10-7-6-8-20-10/h6-8,19H,4-5,9H2,1-3H3,(H,15,18). The van der Waals surface area contributed by atoms with Crippen molar-refractivity contribution in [1.29, 1.82) is 0 Å². The number of carbonyl (C=O) groups is 2. The minimum absolute atomic E-state index is 0.0334. The summed E-state index contributed by atoms with van der Waals surface area (Å²) >= 11 is 1.43. The number of thiophene rings is 1. The van der Waals surface area contributed by atoms with Gasteiger partial charge in [0, 0.05) is 4.88 Å². The lowest BCUT2D eigenvalue weighted by atomic mass is 9.95. The summed E-state index contributed by atoms with van der Waals surface area (Å²) in [6, 6.07) is 3.24. The van der Waals surface area contributed by atoms with Gasteiger partial charge in [0.1, 0.15) is 0 Å². The van der Waals surface area contributed by atoms with Gasteiger partial charge in [-0.2, -0.15) is 0 Å². The largest absolute Gasteiger partial charge is 0.388 e. The molecule has 6 heteroatoms. The molecule has 1 fully saturated rings. The molecule has 110 valence electrons. The lowest BCUT2D eigenvalue weighted by Gasteiger charge is -2.29. The molecule has 1 aromatic heterocycles. The summed E-state index contributed by atoms with van der Waals surface area (Å²) in [5.74, 6) is -0.301. The van der Waals surface area contributed by atoms with E-state index in [0.717, 1.165) is 9.78 Å². The molecule has 1 saturated heterocycles. The van der Waals surface area contributed by atoms with Crippen LogP contribution in [-0.2, 0) is 10.3 Å². The van der Waals surface area contributed by atoms with Crippen molar-refractivity contribution >= 4 is 23.3 Å². The van der Waals surface area contributed by atoms with Gasteiger partial charge >= 0.3 is 6.03 Å². The molecule has 0 spiro atoms. The molecule has 0 radical (unpaired) electrons. The predicted molar refractivity (Wildman–Crippen MR) is 77.4 cm³/mol. The average molecular weight is 296 g/mol. The first-order valence-electron chi connectivity index (χ1n) is 6.77. The number of aliphatic hydroxyl groups is 1. The molecule has 1 aromatic rings. The Balaban J connectivity index is 2.26. The molecule has 20 heavy (non-hydrogen) atoms. The van der Waals surface area contributed by atoms with Crippen LogP contribution in [0.1, 0.15) is 38.5 Å². The van der Waals surface area contributed by atoms with E-state index in [1.54, 1.807) is 6.92 Å². The third-order valence-corrected chi connectivity index (χ3v) is 5.15. The highest BCUT2D eigenvalue weighted by molar-refractivity contribution is 7.10. The van der Waals surface area contributed by atoms with Gasteiger partial charge in [-0.1, -0.05) is 19.9 Å². The molecule has 0 aromatic carbocycles. The Morgan fingerprint density at radius 1 is 1.40 bits per heavy atom. The zero-order valence-electron chi connectivity index (χ0n) is 12.0. The molecule has 1 atom stereocenters. The van der Waals surface area contributed by atoms with Gasteiger partial charge in [0.15, 0.2) is 5.54 Å². The van der Waals surface area contributed by atoms with Crippen LogP contribution in [0.15, 0.2) is 17.5 Å². The monoisotopic (exact) mass is 296 g/mol. The van der Waals surface area contributed by atoms with E-state index in [4.69, 9.17) is 0 Å². The van der Waals surface area contributed by atoms with Gasteiger partial charge in [0.25, 0.3) is 5.91 Å². The second-order valence-electron chi connectivity index (χ2n) is 5.36. The molecule has 1 aliphatic rings. The summed E-state index contributed by atoms with van der Waals surface area (Å²) < 4.78 is 0. The van der Waals surface area contributed by atoms with Gasteiger partial charge in [-0.15, -0.1) is 11.3 Å². The van der Waals surface area contributed by atoms with E-state index in [2.05, 4.69) is 5.32 Å². The van der Waals surface area contributed by atoms with E-state index in [1.807, 2.05) is 31.4 Å². The van der Waals surface area contributed by atoms with Crippen molar-refractivity contribution in [2.24, 2.45) is 0 Å². The number of hydrogen-bond donors (Lipinski definition) is 2. The van der Waals surface area contributed by atoms with Crippen LogP contribution in [0.3, 0.4) is 0 Å². The number of hydrogen-bond acceptors (Lipinski definition) is 4. The number of urea groups is 1. The molecule has 2 rings (SSSR count). The van der Waals surface area contributed by atoms with Crippen LogP contribution >= 0.6 is 11.3 Å². The first-order chi connectivity index (χ1) is 9.36. The van der Waals surface area contributed by atoms with Crippen molar-refractivity contribution < 1.29 is 14.7 Å². The summed E-state index contributed by atoms with van der Waals surface area (Å²) in [7, 11) is 0. The molecule has 0 bridgehead atoms. The summed E-state index contributed by atoms with van der Waals surface area (Å²) in [5, 5.41) is 15.0. The number of nitrogens with zero attached hydrogens (tertiary/aromatic N) is 1. The van der Waals surface area contributed by atoms with E-state index < -0.39 is 17.2 Å². The van der Waals surface area contributed by atoms with Crippen LogP contribution in [0, 0.1) is 0 Å². The Morgan fingerprint density at radius 3 is 2.55 bits per heavy atom. The fourth-order valence-corrected chi connectivity index (χ4v) is 3.17. The highest BCUT2D eigenvalue weighted by Gasteiger charge is 2.51. The number of amides is 3. The molecule has 2 heterocycles. The molecular weight excluding hydrogens is 276 g/mol. The highest BCUT2D eigenvalue weighted by Crippen LogP contribution is 2.33. The fraction of sp³-hybridized carbons (Fsp3) is 0.571. The maximum absolute atomic E-state index is 12.6. The Labute approximate surface area is 122 Å². The van der Waals surface area contributed by atoms with Gasteiger partial charge in [-0.3, -0.25) is 9.69 Å². The molecule has 1 unspecified atom stereocenters. The van der Waals surface area contributed by atoms with Crippen LogP contribution in [0.2, 0.25) is 0 Å². The van der Waals surface area contributed by atoms with E-state index in [9.17, 15) is 14.7 Å². The van der Waals surface area contributed by atoms with E-state index in [-0.39, 0.29) is 12.5 Å². The van der Waals surface area contributed by atoms with Crippen molar-refractivity contribution in [2.75, 3.05) is 6.54 Å². The first-order valence-corrected chi connectivity index (χ1v) is 7.64. The Bertz CT molecular complexity index is 510. The van der Waals surface area contributed by atoms with Crippen LogP contribution < -0.4 is 5.32 Å². The zero-order chi connectivity index (χ0) is 15.0. The minimum Gasteiger partial charge on any atom is -0.388 e. The summed E-state index contributed by atoms with van der Waals surface area (Å²) in [6.45, 7) is 5.43. The molecule has 0 saturated carbocycles. The predicted octanol–water partition coefficient (Wildman–Crippen LogP) is 2.07. The number of nitrogens with one attached hydrogen (secondary N) is 1. The SMILES string of the molecule is CCC(O)(CC)CN1C(=O)NC(C)(c2cccs2)C1=O. The number of rotatable bonds is 5. The molecule has 3 amide bonds. The summed E-state index contributed by atoms with van der Waals surface area (Å²) in [5.41, 5.74) is -2.04. The van der Waals surface area contributed by atoms with E-state index in [0.29, 0.717) is 12.8 Å². The maximum Gasteiger partial charge on any atom is 0.325 e. The first kappa shape index (κ1) is 15.0. The second-order valence-corrected chi connectivity index (χ2v) is 6.30. The number of imide groups is 1. The highest BCUT2D eigenvalue weighted by atomic mass is 32.1. The lowest BCUT2D eigenvalue weighted by Crippen LogP contribution is -2.46. The van der Waals surface area contributed by atoms with Gasteiger partial charge in [0.05, 0.1) is 12.1 Å². The van der Waals surface area contributed by atoms with Crippen molar-refractivity contribution in [3.63, 3.8) is 0 Å². The number of carbonyl (C=O) groups excluding carboxylic acids is 2. The Hall–Kier alpha value is -1.40. The minimum atomic E-state index is -1.02. The normalized spacial score (nSPS) is 23.3. The summed E-state index contributed by atoms with van der Waals surface area (Å²) in [6.07, 6.45) is 0.993. The van der Waals surface area contributed by atoms with Crippen LogP contribution in [0.25, 0.3) is 0 Å². The van der Waals surface area contributed by atoms with E-state index >= 15 is 0 Å². The Morgan fingerprint density at radius 2 is 2.05 bits per heavy atom. The van der Waals surface area contributed by atoms with Crippen LogP contribution in [0.4, 0.5) is 4.79 Å². The van der Waals surface area contributed by atoms with Gasteiger partial charge in [-0.25, -0.2) is 4.79 Å². The van der Waals surface area contributed by atoms with Gasteiger partial charge in [-0.05, 0) is 31.2 Å². The third-order valence-electron chi connectivity index (χ3n) is 4.06. The smallest absolute Gasteiger partial charge is 0.325 e. The zero-order valence-corrected chi connectivity index (χ0v) is 12.8. The second kappa shape index (κ2) is 5.18. The molecule has 1 aliphatic heterocycles. The van der Waals surface area contributed by atoms with Gasteiger partial charge in [0.2, 0.25) is 0 Å². The van der Waals surface area contributed by atoms with Crippen molar-refractivity contribution in [3.05, 3.63) is 22.4 Å². The molecule has 5 nitrogen and oxygen atoms in total. The van der Waals surface area contributed by atoms with Crippen molar-refractivity contribution in [3.8, 4) is 0 Å². The third kappa shape index (κ3) is 2.33. The van der Waals surface area contributed by atoms with Crippen molar-refractivity contribution in [2.45, 2.75) is 44.8 Å². The van der Waals surface area contributed by atoms with Crippen molar-refractivity contribution in [1.82, 2.24) is 10.2 Å². The lowest BCUT2D eigenvalue weighted by molar-refractivity contribution is -0.133. The molecular formula is C14H20N2O3S. The van der Waals surface area contributed by atoms with Gasteiger partial charge < -0.3 is 10.4 Å². The summed E-state index contributed by atoms with van der Waals surface area (Å²) in [4.78, 5) is 26.6. The number of β-amino-alcohol motifs (C(OH)–C–C–N with tert-alkyl or cyclic N) is 1.